The summed E-state index contributed by atoms with van der Waals surface area (Å²) in [6.45, 7) is 2.18. The van der Waals surface area contributed by atoms with Crippen LogP contribution in [0.5, 0.6) is 11.5 Å². The summed E-state index contributed by atoms with van der Waals surface area (Å²) in [6.07, 6.45) is 0. The van der Waals surface area contributed by atoms with Gasteiger partial charge in [0.25, 0.3) is 5.91 Å². The second-order valence-corrected chi connectivity index (χ2v) is 5.95. The van der Waals surface area contributed by atoms with Gasteiger partial charge in [-0.1, -0.05) is 0 Å². The van der Waals surface area contributed by atoms with Crippen LogP contribution in [-0.2, 0) is 9.53 Å². The molecule has 10 heteroatoms. The molecule has 0 bridgehead atoms. The Kier molecular flexibility index (Phi) is 5.10. The van der Waals surface area contributed by atoms with Gasteiger partial charge >= 0.3 is 0 Å². The molecule has 0 spiro atoms. The van der Waals surface area contributed by atoms with E-state index in [4.69, 9.17) is 14.2 Å². The lowest BCUT2D eigenvalue weighted by molar-refractivity contribution is -0.116. The van der Waals surface area contributed by atoms with E-state index in [9.17, 15) is 9.59 Å². The lowest BCUT2D eigenvalue weighted by Gasteiger charge is -2.02. The summed E-state index contributed by atoms with van der Waals surface area (Å²) in [5.41, 5.74) is 0.749. The van der Waals surface area contributed by atoms with E-state index < -0.39 is 11.8 Å². The summed E-state index contributed by atoms with van der Waals surface area (Å²) in [5.74, 6) is 0.406. The highest BCUT2D eigenvalue weighted by Gasteiger charge is 2.18. The van der Waals surface area contributed by atoms with Crippen molar-refractivity contribution in [1.29, 1.82) is 0 Å². The second-order valence-electron chi connectivity index (χ2n) is 5.04. The molecule has 1 aromatic carbocycles. The van der Waals surface area contributed by atoms with Crippen LogP contribution in [-0.4, -0.2) is 48.0 Å². The monoisotopic (exact) mass is 364 g/mol. The third kappa shape index (κ3) is 3.86. The highest BCUT2D eigenvalue weighted by Crippen LogP contribution is 2.33. The minimum atomic E-state index is -0.423. The maximum atomic E-state index is 12.3. The number of hydrogen-bond donors (Lipinski definition) is 1. The Balaban J connectivity index is 1.96. The van der Waals surface area contributed by atoms with Crippen molar-refractivity contribution < 1.29 is 23.8 Å². The number of carbonyl (C=O) groups excluding carboxylic acids is 2. The van der Waals surface area contributed by atoms with Crippen molar-refractivity contribution in [1.82, 2.24) is 14.5 Å². The van der Waals surface area contributed by atoms with Gasteiger partial charge in [0.1, 0.15) is 0 Å². The molecule has 0 saturated heterocycles. The number of rotatable bonds is 5. The largest absolute Gasteiger partial charge is 0.454 e. The van der Waals surface area contributed by atoms with E-state index in [-0.39, 0.29) is 17.2 Å². The molecule has 0 radical (unpaired) electrons. The summed E-state index contributed by atoms with van der Waals surface area (Å²) in [6, 6.07) is 5.28. The molecule has 0 aliphatic carbocycles. The van der Waals surface area contributed by atoms with Gasteiger partial charge in [0, 0.05) is 26.6 Å². The van der Waals surface area contributed by atoms with Gasteiger partial charge in [-0.05, 0) is 23.7 Å². The number of nitrogens with zero attached hydrogens (tertiary/aromatic N) is 3. The van der Waals surface area contributed by atoms with Crippen LogP contribution < -0.4 is 19.5 Å². The Morgan fingerprint density at radius 2 is 2.20 bits per heavy atom. The molecule has 1 aliphatic rings. The molecule has 1 aromatic heterocycles. The van der Waals surface area contributed by atoms with E-state index >= 15 is 0 Å². The molecule has 0 unspecified atom stereocenters. The van der Waals surface area contributed by atoms with E-state index in [0.29, 0.717) is 30.3 Å². The van der Waals surface area contributed by atoms with Crippen molar-refractivity contribution in [2.24, 2.45) is 4.99 Å². The van der Waals surface area contributed by atoms with Crippen molar-refractivity contribution in [3.05, 3.63) is 28.6 Å². The summed E-state index contributed by atoms with van der Waals surface area (Å²) in [7, 11) is 1.54. The standard InChI is InChI=1S/C15H16N4O5S/c1-9(20)17-15-13(14(21)16-5-6-22-2)18-19(25-15)10-3-4-11-12(7-10)24-8-23-11/h3-4,7H,5-6,8H2,1-2H3,(H,16,21). The van der Waals surface area contributed by atoms with Crippen LogP contribution in [0.2, 0.25) is 0 Å². The first kappa shape index (κ1) is 17.1. The normalized spacial score (nSPS) is 13.1. The van der Waals surface area contributed by atoms with E-state index in [2.05, 4.69) is 15.4 Å². The minimum Gasteiger partial charge on any atom is -0.454 e. The van der Waals surface area contributed by atoms with E-state index in [1.54, 1.807) is 25.3 Å². The van der Waals surface area contributed by atoms with Crippen LogP contribution in [0.15, 0.2) is 23.2 Å². The summed E-state index contributed by atoms with van der Waals surface area (Å²) in [5, 5.41) is 6.95. The Labute approximate surface area is 147 Å². The first-order chi connectivity index (χ1) is 12.1. The van der Waals surface area contributed by atoms with Gasteiger partial charge < -0.3 is 19.5 Å². The fourth-order valence-corrected chi connectivity index (χ4v) is 3.00. The average molecular weight is 364 g/mol. The van der Waals surface area contributed by atoms with Crippen molar-refractivity contribution in [3.63, 3.8) is 0 Å². The molecule has 2 heterocycles. The fourth-order valence-electron chi connectivity index (χ4n) is 2.10. The number of aromatic nitrogens is 2. The summed E-state index contributed by atoms with van der Waals surface area (Å²) >= 11 is 1.08. The van der Waals surface area contributed by atoms with Gasteiger partial charge in [-0.2, -0.15) is 9.06 Å². The van der Waals surface area contributed by atoms with Crippen molar-refractivity contribution in [2.75, 3.05) is 27.1 Å². The maximum Gasteiger partial charge on any atom is 0.275 e. The zero-order valence-electron chi connectivity index (χ0n) is 13.6. The van der Waals surface area contributed by atoms with Gasteiger partial charge in [-0.15, -0.1) is 5.10 Å². The quantitative estimate of drug-likeness (QED) is 0.774. The Hall–Kier alpha value is -2.72. The third-order valence-corrected chi connectivity index (χ3v) is 4.13. The molecular formula is C15H16N4O5S. The molecule has 2 aromatic rings. The summed E-state index contributed by atoms with van der Waals surface area (Å²) in [4.78, 5) is 27.5. The Morgan fingerprint density at radius 3 is 2.96 bits per heavy atom. The molecule has 25 heavy (non-hydrogen) atoms. The van der Waals surface area contributed by atoms with Crippen LogP contribution in [0.1, 0.15) is 17.4 Å². The van der Waals surface area contributed by atoms with E-state index in [0.717, 1.165) is 11.5 Å². The Morgan fingerprint density at radius 1 is 1.40 bits per heavy atom. The van der Waals surface area contributed by atoms with E-state index in [1.807, 2.05) is 0 Å². The minimum absolute atomic E-state index is 0.0777. The Bertz CT molecular complexity index is 873. The predicted octanol–water partition coefficient (Wildman–Crippen LogP) is 0.486. The number of benzene rings is 1. The van der Waals surface area contributed by atoms with Crippen molar-refractivity contribution in [2.45, 2.75) is 6.92 Å². The highest BCUT2D eigenvalue weighted by molar-refractivity contribution is 7.04. The molecule has 3 rings (SSSR count). The predicted molar refractivity (Wildman–Crippen MR) is 88.0 cm³/mol. The number of nitrogens with one attached hydrogen (secondary N) is 1. The van der Waals surface area contributed by atoms with E-state index in [1.165, 1.54) is 11.0 Å². The number of ether oxygens (including phenoxy) is 3. The average Bonchev–Trinajstić information content (AvgIpc) is 3.20. The number of amides is 2. The van der Waals surface area contributed by atoms with Gasteiger partial charge in [-0.25, -0.2) is 0 Å². The van der Waals surface area contributed by atoms with Crippen molar-refractivity contribution >= 4 is 23.3 Å². The van der Waals surface area contributed by atoms with Gasteiger partial charge in [0.2, 0.25) is 12.7 Å². The van der Waals surface area contributed by atoms with Crippen LogP contribution in [0.25, 0.3) is 5.69 Å². The zero-order valence-corrected chi connectivity index (χ0v) is 14.5. The number of hydrogen-bond acceptors (Lipinski definition) is 7. The molecule has 0 atom stereocenters. The molecule has 1 N–H and O–H groups in total. The third-order valence-electron chi connectivity index (χ3n) is 3.21. The lowest BCUT2D eigenvalue weighted by atomic mass is 10.3. The first-order valence-corrected chi connectivity index (χ1v) is 8.19. The van der Waals surface area contributed by atoms with Gasteiger partial charge in [0.15, 0.2) is 21.9 Å². The number of fused-ring (bicyclic) bond motifs is 1. The first-order valence-electron chi connectivity index (χ1n) is 7.41. The second kappa shape index (κ2) is 7.45. The van der Waals surface area contributed by atoms with Crippen molar-refractivity contribution in [3.8, 4) is 17.2 Å². The van der Waals surface area contributed by atoms with Crippen LogP contribution in [0, 0.1) is 0 Å². The van der Waals surface area contributed by atoms with Crippen LogP contribution >= 0.6 is 11.5 Å². The zero-order chi connectivity index (χ0) is 17.8. The molecule has 9 nitrogen and oxygen atoms in total. The SMILES string of the molecule is COCCNC(=O)c1nn(-c2ccc3c(c2)OCO3)sc1=NC(C)=O. The molecule has 0 fully saturated rings. The van der Waals surface area contributed by atoms with Crippen LogP contribution in [0.3, 0.4) is 0 Å². The molecule has 0 saturated carbocycles. The topological polar surface area (TPSA) is 104 Å². The van der Waals surface area contributed by atoms with Gasteiger partial charge in [0.05, 0.1) is 12.3 Å². The highest BCUT2D eigenvalue weighted by atomic mass is 32.1. The van der Waals surface area contributed by atoms with Crippen LogP contribution in [0.4, 0.5) is 0 Å². The lowest BCUT2D eigenvalue weighted by Crippen LogP contribution is -2.30. The fraction of sp³-hybridized carbons (Fsp3) is 0.333. The molecular weight excluding hydrogens is 348 g/mol. The number of methoxy groups -OCH3 is 1. The molecule has 2 amide bonds. The summed E-state index contributed by atoms with van der Waals surface area (Å²) < 4.78 is 17.3. The molecule has 1 aliphatic heterocycles. The number of carbonyl (C=O) groups is 2. The maximum absolute atomic E-state index is 12.3. The molecule has 132 valence electrons. The van der Waals surface area contributed by atoms with Gasteiger partial charge in [-0.3, -0.25) is 9.59 Å². The smallest absolute Gasteiger partial charge is 0.275 e.